The molecule has 1 aliphatic carbocycles. The summed E-state index contributed by atoms with van der Waals surface area (Å²) in [5.74, 6) is 1.92. The monoisotopic (exact) mass is 170 g/mol. The number of rotatable bonds is 2. The molecule has 1 saturated carbocycles. The lowest BCUT2D eigenvalue weighted by atomic mass is 9.73. The van der Waals surface area contributed by atoms with Crippen LogP contribution in [-0.4, -0.2) is 11.2 Å². The van der Waals surface area contributed by atoms with Gasteiger partial charge in [-0.2, -0.15) is 0 Å². The molecule has 0 spiro atoms. The zero-order valence-electron chi connectivity index (χ0n) is 8.59. The molecule has 72 valence electrons. The number of aliphatic hydroxyl groups excluding tert-OH is 1. The van der Waals surface area contributed by atoms with Gasteiger partial charge in [0.2, 0.25) is 0 Å². The molecule has 1 fully saturated rings. The van der Waals surface area contributed by atoms with Gasteiger partial charge in [-0.05, 0) is 30.6 Å². The first kappa shape index (κ1) is 10.0. The second-order valence-corrected chi connectivity index (χ2v) is 4.57. The highest BCUT2D eigenvalue weighted by molar-refractivity contribution is 4.81. The van der Waals surface area contributed by atoms with Crippen LogP contribution in [0.25, 0.3) is 0 Å². The lowest BCUT2D eigenvalue weighted by molar-refractivity contribution is 0.00966. The van der Waals surface area contributed by atoms with Crippen molar-refractivity contribution in [3.63, 3.8) is 0 Å². The van der Waals surface area contributed by atoms with Crippen LogP contribution in [0.5, 0.6) is 0 Å². The van der Waals surface area contributed by atoms with Crippen LogP contribution in [0.3, 0.4) is 0 Å². The van der Waals surface area contributed by atoms with Crippen LogP contribution in [0, 0.1) is 17.8 Å². The minimum Gasteiger partial charge on any atom is -0.393 e. The fourth-order valence-electron chi connectivity index (χ4n) is 2.63. The predicted molar refractivity (Wildman–Crippen MR) is 52.0 cm³/mol. The second-order valence-electron chi connectivity index (χ2n) is 4.57. The molecule has 1 heteroatoms. The van der Waals surface area contributed by atoms with Crippen LogP contribution in [0.1, 0.15) is 46.5 Å². The lowest BCUT2D eigenvalue weighted by Gasteiger charge is -2.36. The SMILES string of the molecule is CCCC1CC(C)C(O)C(C)C1. The van der Waals surface area contributed by atoms with E-state index >= 15 is 0 Å². The highest BCUT2D eigenvalue weighted by Crippen LogP contribution is 2.35. The van der Waals surface area contributed by atoms with Crippen molar-refractivity contribution in [2.45, 2.75) is 52.6 Å². The number of hydrogen-bond acceptors (Lipinski definition) is 1. The highest BCUT2D eigenvalue weighted by Gasteiger charge is 2.30. The van der Waals surface area contributed by atoms with Crippen molar-refractivity contribution in [1.29, 1.82) is 0 Å². The third-order valence-corrected chi connectivity index (χ3v) is 3.27. The molecule has 0 aliphatic heterocycles. The number of hydrogen-bond donors (Lipinski definition) is 1. The Morgan fingerprint density at radius 1 is 1.17 bits per heavy atom. The summed E-state index contributed by atoms with van der Waals surface area (Å²) in [6.45, 7) is 6.62. The minimum absolute atomic E-state index is 0.0434. The van der Waals surface area contributed by atoms with Gasteiger partial charge in [-0.25, -0.2) is 0 Å². The summed E-state index contributed by atoms with van der Waals surface area (Å²) in [6, 6.07) is 0. The van der Waals surface area contributed by atoms with E-state index in [1.807, 2.05) is 0 Å². The lowest BCUT2D eigenvalue weighted by Crippen LogP contribution is -2.34. The molecule has 12 heavy (non-hydrogen) atoms. The van der Waals surface area contributed by atoms with Gasteiger partial charge in [0.1, 0.15) is 0 Å². The third-order valence-electron chi connectivity index (χ3n) is 3.27. The summed E-state index contributed by atoms with van der Waals surface area (Å²) < 4.78 is 0. The van der Waals surface area contributed by atoms with E-state index in [1.54, 1.807) is 0 Å². The molecule has 0 aromatic carbocycles. The van der Waals surface area contributed by atoms with Gasteiger partial charge in [0.25, 0.3) is 0 Å². The Labute approximate surface area is 76.2 Å². The summed E-state index contributed by atoms with van der Waals surface area (Å²) in [4.78, 5) is 0. The van der Waals surface area contributed by atoms with Crippen molar-refractivity contribution in [2.75, 3.05) is 0 Å². The van der Waals surface area contributed by atoms with Gasteiger partial charge >= 0.3 is 0 Å². The van der Waals surface area contributed by atoms with Gasteiger partial charge in [0, 0.05) is 0 Å². The Balaban J connectivity index is 2.42. The summed E-state index contributed by atoms with van der Waals surface area (Å²) in [7, 11) is 0. The van der Waals surface area contributed by atoms with E-state index in [0.717, 1.165) is 5.92 Å². The molecule has 0 saturated heterocycles. The molecule has 0 amide bonds. The largest absolute Gasteiger partial charge is 0.393 e. The first-order chi connectivity index (χ1) is 5.65. The average molecular weight is 170 g/mol. The van der Waals surface area contributed by atoms with Crippen molar-refractivity contribution >= 4 is 0 Å². The molecule has 1 nitrogen and oxygen atoms in total. The maximum absolute atomic E-state index is 9.73. The van der Waals surface area contributed by atoms with E-state index in [4.69, 9.17) is 0 Å². The fraction of sp³-hybridized carbons (Fsp3) is 1.00. The Bertz CT molecular complexity index is 121. The molecule has 0 aromatic rings. The van der Waals surface area contributed by atoms with E-state index in [0.29, 0.717) is 11.8 Å². The van der Waals surface area contributed by atoms with Crippen LogP contribution < -0.4 is 0 Å². The van der Waals surface area contributed by atoms with Crippen molar-refractivity contribution < 1.29 is 5.11 Å². The summed E-state index contributed by atoms with van der Waals surface area (Å²) in [5, 5.41) is 9.73. The second kappa shape index (κ2) is 4.27. The summed E-state index contributed by atoms with van der Waals surface area (Å²) >= 11 is 0. The van der Waals surface area contributed by atoms with Crippen LogP contribution in [0.15, 0.2) is 0 Å². The predicted octanol–water partition coefficient (Wildman–Crippen LogP) is 2.83. The highest BCUT2D eigenvalue weighted by atomic mass is 16.3. The smallest absolute Gasteiger partial charge is 0.0591 e. The van der Waals surface area contributed by atoms with E-state index in [-0.39, 0.29) is 6.10 Å². The van der Waals surface area contributed by atoms with Crippen molar-refractivity contribution in [1.82, 2.24) is 0 Å². The molecule has 0 aromatic heterocycles. The van der Waals surface area contributed by atoms with Crippen molar-refractivity contribution in [3.05, 3.63) is 0 Å². The molecule has 1 N–H and O–H groups in total. The van der Waals surface area contributed by atoms with E-state index in [2.05, 4.69) is 20.8 Å². The zero-order chi connectivity index (χ0) is 9.14. The number of aliphatic hydroxyl groups is 1. The van der Waals surface area contributed by atoms with Gasteiger partial charge in [0.15, 0.2) is 0 Å². The molecule has 1 aliphatic rings. The Morgan fingerprint density at radius 2 is 1.67 bits per heavy atom. The van der Waals surface area contributed by atoms with E-state index in [1.165, 1.54) is 25.7 Å². The minimum atomic E-state index is -0.0434. The van der Waals surface area contributed by atoms with Gasteiger partial charge in [0.05, 0.1) is 6.10 Å². The quantitative estimate of drug-likeness (QED) is 0.675. The van der Waals surface area contributed by atoms with Gasteiger partial charge in [-0.3, -0.25) is 0 Å². The molecule has 2 atom stereocenters. The Hall–Kier alpha value is -0.0400. The molecule has 0 bridgehead atoms. The Morgan fingerprint density at radius 3 is 2.08 bits per heavy atom. The molecule has 2 unspecified atom stereocenters. The van der Waals surface area contributed by atoms with Gasteiger partial charge in [-0.1, -0.05) is 33.6 Å². The first-order valence-electron chi connectivity index (χ1n) is 5.33. The summed E-state index contributed by atoms with van der Waals surface area (Å²) in [6.07, 6.45) is 5.07. The van der Waals surface area contributed by atoms with E-state index < -0.39 is 0 Å². The molecular weight excluding hydrogens is 148 g/mol. The van der Waals surface area contributed by atoms with Gasteiger partial charge in [-0.15, -0.1) is 0 Å². The van der Waals surface area contributed by atoms with Crippen LogP contribution in [-0.2, 0) is 0 Å². The zero-order valence-corrected chi connectivity index (χ0v) is 8.59. The Kier molecular flexibility index (Phi) is 3.57. The van der Waals surface area contributed by atoms with E-state index in [9.17, 15) is 5.11 Å². The maximum Gasteiger partial charge on any atom is 0.0591 e. The van der Waals surface area contributed by atoms with Crippen molar-refractivity contribution in [3.8, 4) is 0 Å². The topological polar surface area (TPSA) is 20.2 Å². The molecule has 0 heterocycles. The normalized spacial score (nSPS) is 43.0. The third kappa shape index (κ3) is 2.22. The maximum atomic E-state index is 9.73. The fourth-order valence-corrected chi connectivity index (χ4v) is 2.63. The molecule has 0 radical (unpaired) electrons. The van der Waals surface area contributed by atoms with Crippen LogP contribution >= 0.6 is 0 Å². The first-order valence-corrected chi connectivity index (χ1v) is 5.33. The summed E-state index contributed by atoms with van der Waals surface area (Å²) in [5.41, 5.74) is 0. The average Bonchev–Trinajstić information content (AvgIpc) is 2.01. The van der Waals surface area contributed by atoms with Crippen molar-refractivity contribution in [2.24, 2.45) is 17.8 Å². The van der Waals surface area contributed by atoms with Crippen LogP contribution in [0.2, 0.25) is 0 Å². The van der Waals surface area contributed by atoms with Gasteiger partial charge < -0.3 is 5.11 Å². The molecule has 1 rings (SSSR count). The van der Waals surface area contributed by atoms with Crippen LogP contribution in [0.4, 0.5) is 0 Å². The standard InChI is InChI=1S/C11H22O/c1-4-5-10-6-8(2)11(12)9(3)7-10/h8-12H,4-7H2,1-3H3. The molecular formula is C11H22O.